The Balaban J connectivity index is 1.37. The van der Waals surface area contributed by atoms with E-state index in [0.29, 0.717) is 37.1 Å². The molecule has 3 aliphatic rings. The Bertz CT molecular complexity index is 599. The van der Waals surface area contributed by atoms with Crippen LogP contribution in [0.3, 0.4) is 0 Å². The number of carbonyl (C=O) groups excluding carboxylic acids is 2. The number of likely N-dealkylation sites (tertiary alicyclic amines) is 1. The topological polar surface area (TPSA) is 87.2 Å². The van der Waals surface area contributed by atoms with Gasteiger partial charge in [0.05, 0.1) is 0 Å². The number of urea groups is 1. The maximum Gasteiger partial charge on any atom is 0.323 e. The van der Waals surface area contributed by atoms with Crippen molar-refractivity contribution < 1.29 is 9.59 Å². The van der Waals surface area contributed by atoms with E-state index in [-0.39, 0.29) is 17.4 Å². The van der Waals surface area contributed by atoms with Gasteiger partial charge >= 0.3 is 6.03 Å². The number of carbonyl (C=O) groups is 2. The molecule has 1 aliphatic carbocycles. The first-order valence-corrected chi connectivity index (χ1v) is 8.07. The van der Waals surface area contributed by atoms with E-state index in [1.165, 1.54) is 11.5 Å². The van der Waals surface area contributed by atoms with E-state index in [1.807, 2.05) is 0 Å². The summed E-state index contributed by atoms with van der Waals surface area (Å²) in [5, 5.41) is 6.27. The molecule has 1 aromatic heterocycles. The average molecular weight is 307 g/mol. The molecule has 8 heteroatoms. The normalized spacial score (nSPS) is 28.2. The monoisotopic (exact) mass is 307 g/mol. The summed E-state index contributed by atoms with van der Waals surface area (Å²) in [6.07, 6.45) is 3.71. The Labute approximate surface area is 126 Å². The second-order valence-corrected chi connectivity index (χ2v) is 7.04. The van der Waals surface area contributed by atoms with Gasteiger partial charge in [-0.3, -0.25) is 10.1 Å². The van der Waals surface area contributed by atoms with Crippen LogP contribution in [0.5, 0.6) is 0 Å². The molecule has 1 aromatic rings. The molecule has 2 saturated heterocycles. The lowest BCUT2D eigenvalue weighted by molar-refractivity contribution is -0.119. The molecule has 1 saturated carbocycles. The van der Waals surface area contributed by atoms with Crippen LogP contribution in [0.15, 0.2) is 0 Å². The van der Waals surface area contributed by atoms with Crippen LogP contribution in [0.4, 0.5) is 9.93 Å². The Hall–Kier alpha value is -1.70. The Morgan fingerprint density at radius 2 is 2.33 bits per heavy atom. The van der Waals surface area contributed by atoms with Gasteiger partial charge in [-0.2, -0.15) is 4.37 Å². The van der Waals surface area contributed by atoms with Crippen molar-refractivity contribution in [1.82, 2.24) is 19.6 Å². The van der Waals surface area contributed by atoms with Crippen molar-refractivity contribution in [1.29, 1.82) is 0 Å². The minimum Gasteiger partial charge on any atom is -0.355 e. The van der Waals surface area contributed by atoms with E-state index >= 15 is 0 Å². The van der Waals surface area contributed by atoms with Crippen molar-refractivity contribution in [3.63, 3.8) is 0 Å². The predicted octanol–water partition coefficient (Wildman–Crippen LogP) is 1.16. The quantitative estimate of drug-likeness (QED) is 0.858. The largest absolute Gasteiger partial charge is 0.355 e. The standard InChI is InChI=1S/C13H17N5O2S/c19-9-5-13(6-14-9)3-4-18(7-13)12(20)16-11-15-10(17-21-11)8-1-2-8/h8H,1-7H2,(H,14,19)(H,15,16,17,20). The van der Waals surface area contributed by atoms with Gasteiger partial charge in [0.1, 0.15) is 5.82 Å². The van der Waals surface area contributed by atoms with Crippen LogP contribution in [0.1, 0.15) is 37.4 Å². The van der Waals surface area contributed by atoms with Crippen molar-refractivity contribution in [3.05, 3.63) is 5.82 Å². The fourth-order valence-corrected chi connectivity index (χ4v) is 3.75. The molecular weight excluding hydrogens is 290 g/mol. The number of anilines is 1. The van der Waals surface area contributed by atoms with Crippen molar-refractivity contribution in [2.75, 3.05) is 25.0 Å². The first-order chi connectivity index (χ1) is 10.1. The van der Waals surface area contributed by atoms with Crippen molar-refractivity contribution in [2.45, 2.75) is 31.6 Å². The highest BCUT2D eigenvalue weighted by atomic mass is 32.1. The van der Waals surface area contributed by atoms with Gasteiger partial charge in [0.2, 0.25) is 11.0 Å². The fraction of sp³-hybridized carbons (Fsp3) is 0.692. The number of nitrogens with one attached hydrogen (secondary N) is 2. The Morgan fingerprint density at radius 3 is 3.05 bits per heavy atom. The lowest BCUT2D eigenvalue weighted by Crippen LogP contribution is -2.36. The third-order valence-corrected chi connectivity index (χ3v) is 5.16. The Morgan fingerprint density at radius 1 is 1.48 bits per heavy atom. The van der Waals surface area contributed by atoms with Crippen LogP contribution in [0.2, 0.25) is 0 Å². The van der Waals surface area contributed by atoms with Crippen molar-refractivity contribution >= 4 is 28.6 Å². The third kappa shape index (κ3) is 2.48. The van der Waals surface area contributed by atoms with Gasteiger partial charge in [-0.05, 0) is 19.3 Å². The summed E-state index contributed by atoms with van der Waals surface area (Å²) >= 11 is 1.24. The Kier molecular flexibility index (Phi) is 2.88. The SMILES string of the molecule is O=C1CC2(CCN(C(=O)Nc3nc(C4CC4)ns3)C2)CN1. The van der Waals surface area contributed by atoms with Gasteiger partial charge in [0.25, 0.3) is 0 Å². The number of rotatable bonds is 2. The van der Waals surface area contributed by atoms with Gasteiger partial charge in [0.15, 0.2) is 0 Å². The predicted molar refractivity (Wildman–Crippen MR) is 77.2 cm³/mol. The highest BCUT2D eigenvalue weighted by molar-refractivity contribution is 7.09. The van der Waals surface area contributed by atoms with Gasteiger partial charge in [-0.25, -0.2) is 9.78 Å². The molecule has 112 valence electrons. The first-order valence-electron chi connectivity index (χ1n) is 7.30. The minimum absolute atomic E-state index is 0.0608. The summed E-state index contributed by atoms with van der Waals surface area (Å²) in [4.78, 5) is 29.8. The molecule has 2 aliphatic heterocycles. The van der Waals surface area contributed by atoms with Crippen LogP contribution in [0.25, 0.3) is 0 Å². The molecule has 0 bridgehead atoms. The third-order valence-electron chi connectivity index (χ3n) is 4.52. The zero-order valence-corrected chi connectivity index (χ0v) is 12.4. The number of hydrogen-bond donors (Lipinski definition) is 2. The molecule has 4 rings (SSSR count). The fourth-order valence-electron chi connectivity index (χ4n) is 3.11. The molecule has 0 aromatic carbocycles. The first kappa shape index (κ1) is 13.0. The average Bonchev–Trinajstić information content (AvgIpc) is 2.91. The van der Waals surface area contributed by atoms with Gasteiger partial charge < -0.3 is 10.2 Å². The molecule has 7 nitrogen and oxygen atoms in total. The van der Waals surface area contributed by atoms with Crippen molar-refractivity contribution in [3.8, 4) is 0 Å². The maximum atomic E-state index is 12.3. The van der Waals surface area contributed by atoms with Gasteiger partial charge in [-0.15, -0.1) is 0 Å². The zero-order valence-electron chi connectivity index (χ0n) is 11.6. The molecule has 1 spiro atoms. The summed E-state index contributed by atoms with van der Waals surface area (Å²) in [6.45, 7) is 2.00. The number of nitrogens with zero attached hydrogens (tertiary/aromatic N) is 3. The second-order valence-electron chi connectivity index (χ2n) is 6.29. The van der Waals surface area contributed by atoms with Crippen LogP contribution in [0, 0.1) is 5.41 Å². The molecule has 3 heterocycles. The van der Waals surface area contributed by atoms with Crippen LogP contribution in [-0.4, -0.2) is 45.8 Å². The number of amides is 3. The molecule has 1 unspecified atom stereocenters. The number of aromatic nitrogens is 2. The van der Waals surface area contributed by atoms with Crippen LogP contribution < -0.4 is 10.6 Å². The van der Waals surface area contributed by atoms with E-state index in [1.54, 1.807) is 4.90 Å². The van der Waals surface area contributed by atoms with E-state index in [9.17, 15) is 9.59 Å². The number of hydrogen-bond acceptors (Lipinski definition) is 5. The molecule has 3 fully saturated rings. The molecule has 21 heavy (non-hydrogen) atoms. The van der Waals surface area contributed by atoms with E-state index in [2.05, 4.69) is 20.0 Å². The molecule has 2 N–H and O–H groups in total. The van der Waals surface area contributed by atoms with E-state index in [0.717, 1.165) is 25.1 Å². The summed E-state index contributed by atoms with van der Waals surface area (Å²) in [5.74, 6) is 1.45. The lowest BCUT2D eigenvalue weighted by Gasteiger charge is -2.21. The summed E-state index contributed by atoms with van der Waals surface area (Å²) in [7, 11) is 0. The second kappa shape index (κ2) is 4.66. The van der Waals surface area contributed by atoms with Gasteiger partial charge in [0, 0.05) is 48.9 Å². The summed E-state index contributed by atoms with van der Waals surface area (Å²) < 4.78 is 4.28. The lowest BCUT2D eigenvalue weighted by atomic mass is 9.86. The smallest absolute Gasteiger partial charge is 0.323 e. The van der Waals surface area contributed by atoms with Crippen LogP contribution >= 0.6 is 11.5 Å². The maximum absolute atomic E-state index is 12.3. The molecular formula is C13H17N5O2S. The summed E-state index contributed by atoms with van der Waals surface area (Å²) in [5.41, 5.74) is -0.0608. The molecule has 3 amide bonds. The van der Waals surface area contributed by atoms with Gasteiger partial charge in [-0.1, -0.05) is 0 Å². The molecule has 0 radical (unpaired) electrons. The highest BCUT2D eigenvalue weighted by Gasteiger charge is 2.45. The molecule has 1 atom stereocenters. The van der Waals surface area contributed by atoms with Crippen molar-refractivity contribution in [2.24, 2.45) is 5.41 Å². The zero-order chi connectivity index (χ0) is 14.4. The highest BCUT2D eigenvalue weighted by Crippen LogP contribution is 2.39. The van der Waals surface area contributed by atoms with Crippen LogP contribution in [-0.2, 0) is 4.79 Å². The van der Waals surface area contributed by atoms with E-state index < -0.39 is 0 Å². The minimum atomic E-state index is -0.135. The summed E-state index contributed by atoms with van der Waals surface area (Å²) in [6, 6.07) is -0.135. The van der Waals surface area contributed by atoms with E-state index in [4.69, 9.17) is 0 Å².